The molecule has 0 heterocycles. The lowest BCUT2D eigenvalue weighted by Gasteiger charge is -2.22. The van der Waals surface area contributed by atoms with Crippen molar-refractivity contribution in [1.29, 1.82) is 0 Å². The van der Waals surface area contributed by atoms with Crippen molar-refractivity contribution < 1.29 is 67.3 Å². The second kappa shape index (κ2) is 20.1. The van der Waals surface area contributed by atoms with Crippen molar-refractivity contribution >= 4 is 39.8 Å². The van der Waals surface area contributed by atoms with E-state index in [0.29, 0.717) is 46.6 Å². The van der Waals surface area contributed by atoms with Gasteiger partial charge in [-0.05, 0) is 122 Å². The van der Waals surface area contributed by atoms with E-state index < -0.39 is 35.4 Å². The van der Waals surface area contributed by atoms with E-state index in [4.69, 9.17) is 37.9 Å². The van der Waals surface area contributed by atoms with Crippen LogP contribution in [0.3, 0.4) is 0 Å². The quantitative estimate of drug-likeness (QED) is 0.0575. The third-order valence-electron chi connectivity index (χ3n) is 10.7. The van der Waals surface area contributed by atoms with Crippen molar-refractivity contribution in [2.75, 3.05) is 28.1 Å². The Morgan fingerprint density at radius 2 is 1.21 bits per heavy atom. The lowest BCUT2D eigenvalue weighted by atomic mass is 9.94. The number of carbonyl (C=O) groups is 4. The second-order valence-electron chi connectivity index (χ2n) is 14.6. The molecule has 0 radical (unpaired) electrons. The molecule has 0 atom stereocenters. The lowest BCUT2D eigenvalue weighted by molar-refractivity contribution is -0.0128. The average Bonchev–Trinajstić information content (AvgIpc) is 3.25. The maximum atomic E-state index is 13.8. The molecule has 0 bridgehead atoms. The molecule has 63 heavy (non-hydrogen) atoms. The molecule has 0 saturated heterocycles. The highest BCUT2D eigenvalue weighted by atomic mass is 79.9. The van der Waals surface area contributed by atoms with Crippen LogP contribution < -0.4 is 28.4 Å². The molecule has 14 nitrogen and oxygen atoms in total. The monoisotopic (exact) mass is 928 g/mol. The van der Waals surface area contributed by atoms with Gasteiger partial charge in [0.25, 0.3) is 0 Å². The number of benzene rings is 5. The molecule has 0 aliphatic rings. The summed E-state index contributed by atoms with van der Waals surface area (Å²) in [5.74, 6) is -3.62. The summed E-state index contributed by atoms with van der Waals surface area (Å²) in [5.41, 5.74) is 3.48. The fourth-order valence-electron chi connectivity index (χ4n) is 7.19. The number of ether oxygens (including phenoxy) is 8. The highest BCUT2D eigenvalue weighted by molar-refractivity contribution is 9.10. The van der Waals surface area contributed by atoms with E-state index in [2.05, 4.69) is 15.9 Å². The minimum absolute atomic E-state index is 0.0256. The summed E-state index contributed by atoms with van der Waals surface area (Å²) in [4.78, 5) is 54.3. The van der Waals surface area contributed by atoms with Crippen molar-refractivity contribution in [3.8, 4) is 46.0 Å². The first-order valence-corrected chi connectivity index (χ1v) is 20.4. The highest BCUT2D eigenvalue weighted by Crippen LogP contribution is 2.45. The van der Waals surface area contributed by atoms with Gasteiger partial charge < -0.3 is 48.1 Å². The Morgan fingerprint density at radius 3 is 1.83 bits per heavy atom. The Bertz CT molecular complexity index is 2590. The molecule has 0 amide bonds. The van der Waals surface area contributed by atoms with Gasteiger partial charge in [0, 0.05) is 24.3 Å². The van der Waals surface area contributed by atoms with Gasteiger partial charge in [0.2, 0.25) is 0 Å². The molecule has 332 valence electrons. The van der Waals surface area contributed by atoms with Gasteiger partial charge in [-0.1, -0.05) is 37.3 Å². The Hall–Kier alpha value is -6.58. The first kappa shape index (κ1) is 47.5. The molecule has 0 aliphatic carbocycles. The van der Waals surface area contributed by atoms with Crippen LogP contribution in [0.5, 0.6) is 46.0 Å². The van der Waals surface area contributed by atoms with Crippen molar-refractivity contribution in [1.82, 2.24) is 0 Å². The van der Waals surface area contributed by atoms with Gasteiger partial charge in [0.1, 0.15) is 73.6 Å². The maximum Gasteiger partial charge on any atom is 0.347 e. The maximum absolute atomic E-state index is 13.8. The van der Waals surface area contributed by atoms with Crippen molar-refractivity contribution in [3.05, 3.63) is 125 Å². The average molecular weight is 930 g/mol. The number of carbonyl (C=O) groups excluding carboxylic acids is 4. The zero-order valence-corrected chi connectivity index (χ0v) is 38.5. The number of rotatable bonds is 15. The molecule has 2 N–H and O–H groups in total. The fraction of sp³-hybridized carbons (Fsp3) is 0.292. The Morgan fingerprint density at radius 1 is 0.587 bits per heavy atom. The number of halogens is 1. The van der Waals surface area contributed by atoms with Gasteiger partial charge in [0.15, 0.2) is 12.5 Å². The third-order valence-corrected chi connectivity index (χ3v) is 11.4. The summed E-state index contributed by atoms with van der Waals surface area (Å²) >= 11 is 3.31. The van der Waals surface area contributed by atoms with E-state index in [-0.39, 0.29) is 79.0 Å². The minimum atomic E-state index is -0.998. The summed E-state index contributed by atoms with van der Waals surface area (Å²) in [5, 5.41) is 22.8. The third kappa shape index (κ3) is 9.59. The normalized spacial score (nSPS) is 10.9. The molecule has 5 rings (SSSR count). The van der Waals surface area contributed by atoms with Crippen LogP contribution in [0.15, 0.2) is 53.0 Å². The summed E-state index contributed by atoms with van der Waals surface area (Å²) in [7, 11) is 4.18. The van der Waals surface area contributed by atoms with Gasteiger partial charge >= 0.3 is 23.9 Å². The number of aromatic hydroxyl groups is 2. The van der Waals surface area contributed by atoms with Gasteiger partial charge in [-0.25, -0.2) is 19.2 Å². The molecule has 0 saturated carbocycles. The molecule has 5 aromatic carbocycles. The highest BCUT2D eigenvalue weighted by Gasteiger charge is 2.32. The molecule has 0 fully saturated rings. The first-order valence-electron chi connectivity index (χ1n) is 19.6. The molecule has 0 unspecified atom stereocenters. The van der Waals surface area contributed by atoms with Crippen LogP contribution in [0.1, 0.15) is 98.4 Å². The van der Waals surface area contributed by atoms with Crippen LogP contribution in [0.25, 0.3) is 0 Å². The van der Waals surface area contributed by atoms with E-state index in [0.717, 1.165) is 5.56 Å². The number of phenolic OH excluding ortho intramolecular Hbond substituents is 2. The zero-order valence-electron chi connectivity index (χ0n) is 36.9. The molecule has 0 spiro atoms. The molecule has 0 aromatic heterocycles. The first-order chi connectivity index (χ1) is 29.9. The van der Waals surface area contributed by atoms with E-state index in [9.17, 15) is 29.4 Å². The number of hydrogen-bond donors (Lipinski definition) is 2. The van der Waals surface area contributed by atoms with Crippen LogP contribution in [0, 0.1) is 48.5 Å². The van der Waals surface area contributed by atoms with Gasteiger partial charge in [-0.2, -0.15) is 0 Å². The Kier molecular flexibility index (Phi) is 15.1. The Labute approximate surface area is 373 Å². The van der Waals surface area contributed by atoms with Crippen molar-refractivity contribution in [3.63, 3.8) is 0 Å². The molecule has 15 heteroatoms. The summed E-state index contributed by atoms with van der Waals surface area (Å²) in [6.07, 6.45) is 0.363. The minimum Gasteiger partial charge on any atom is -0.507 e. The van der Waals surface area contributed by atoms with Crippen molar-refractivity contribution in [2.24, 2.45) is 0 Å². The summed E-state index contributed by atoms with van der Waals surface area (Å²) in [6, 6.07) is 14.3. The van der Waals surface area contributed by atoms with Gasteiger partial charge in [-0.3, -0.25) is 0 Å². The summed E-state index contributed by atoms with van der Waals surface area (Å²) in [6.45, 7) is 13.0. The van der Waals surface area contributed by atoms with Crippen LogP contribution in [0.4, 0.5) is 0 Å². The fourth-order valence-corrected chi connectivity index (χ4v) is 7.76. The topological polar surface area (TPSA) is 183 Å². The second-order valence-corrected chi connectivity index (χ2v) is 15.4. The standard InChI is InChI=1S/C48H49BrO14/c1-12-32-27(6)38(45(52)60-22-56-9)43(58-11)29(8)42(32)62-47(54)36-24(3)19-33(28(7)40(36)50)61-48(55)37-25(4)26(5)44(39(49)41(37)51)63-46(53)35-23(2)18-31(20-34(35)57-10)59-21-30-16-14-13-15-17-30/h13-20,50-51H,12,21-22H2,1-11H3. The molecular formula is C48H49BrO14. The number of phenols is 2. The summed E-state index contributed by atoms with van der Waals surface area (Å²) < 4.78 is 44.5. The van der Waals surface area contributed by atoms with Crippen LogP contribution in [0.2, 0.25) is 0 Å². The molecular weight excluding hydrogens is 880 g/mol. The number of hydrogen-bond acceptors (Lipinski definition) is 14. The van der Waals surface area contributed by atoms with Crippen molar-refractivity contribution in [2.45, 2.75) is 68.4 Å². The van der Waals surface area contributed by atoms with E-state index >= 15 is 0 Å². The SMILES string of the molecule is CCc1c(C)c(C(=O)OCOC)c(OC)c(C)c1OC(=O)c1c(C)cc(OC(=O)c2c(C)c(C)c(OC(=O)c3c(C)cc(OCc4ccccc4)cc3OC)c(Br)c2O)c(C)c1O. The zero-order chi connectivity index (χ0) is 46.4. The Balaban J connectivity index is 1.40. The number of aryl methyl sites for hydroxylation is 2. The number of esters is 4. The van der Waals surface area contributed by atoms with Crippen LogP contribution >= 0.6 is 15.9 Å². The van der Waals surface area contributed by atoms with E-state index in [1.165, 1.54) is 41.2 Å². The smallest absolute Gasteiger partial charge is 0.347 e. The van der Waals surface area contributed by atoms with Crippen LogP contribution in [-0.2, 0) is 22.5 Å². The van der Waals surface area contributed by atoms with E-state index in [1.54, 1.807) is 46.8 Å². The predicted octanol–water partition coefficient (Wildman–Crippen LogP) is 9.60. The number of methoxy groups -OCH3 is 3. The largest absolute Gasteiger partial charge is 0.507 e. The van der Waals surface area contributed by atoms with Crippen LogP contribution in [-0.4, -0.2) is 62.2 Å². The molecule has 5 aromatic rings. The van der Waals surface area contributed by atoms with Gasteiger partial charge in [-0.15, -0.1) is 0 Å². The predicted molar refractivity (Wildman–Crippen MR) is 235 cm³/mol. The molecule has 0 aliphatic heterocycles. The van der Waals surface area contributed by atoms with E-state index in [1.807, 2.05) is 37.3 Å². The van der Waals surface area contributed by atoms with Gasteiger partial charge in [0.05, 0.1) is 14.2 Å². The lowest BCUT2D eigenvalue weighted by Crippen LogP contribution is -2.18.